The van der Waals surface area contributed by atoms with Gasteiger partial charge in [0.25, 0.3) is 0 Å². The number of hydrogen-bond donors (Lipinski definition) is 2. The van der Waals surface area contributed by atoms with Gasteiger partial charge in [0, 0.05) is 12.1 Å². The van der Waals surface area contributed by atoms with E-state index in [9.17, 15) is 4.79 Å². The molecular formula is C14H28N2O. The van der Waals surface area contributed by atoms with Gasteiger partial charge in [0.15, 0.2) is 0 Å². The molecule has 0 aromatic carbocycles. The van der Waals surface area contributed by atoms with Crippen LogP contribution in [0.5, 0.6) is 0 Å². The minimum Gasteiger partial charge on any atom is -0.353 e. The Hall–Kier alpha value is -0.570. The van der Waals surface area contributed by atoms with Gasteiger partial charge in [-0.15, -0.1) is 0 Å². The van der Waals surface area contributed by atoms with Gasteiger partial charge in [0.2, 0.25) is 5.91 Å². The molecule has 0 aliphatic heterocycles. The third kappa shape index (κ3) is 6.06. The molecule has 0 aromatic rings. The monoisotopic (exact) mass is 240 g/mol. The standard InChI is InChI=1S/C14H28N2O/c1-4-11(2)9-12(3)16-14(17)10-15-13-7-5-6-8-13/h11-13,15H,4-10H2,1-3H3,(H,16,17). The zero-order chi connectivity index (χ0) is 12.7. The largest absolute Gasteiger partial charge is 0.353 e. The summed E-state index contributed by atoms with van der Waals surface area (Å²) >= 11 is 0. The van der Waals surface area contributed by atoms with Gasteiger partial charge in [-0.05, 0) is 32.1 Å². The van der Waals surface area contributed by atoms with Crippen molar-refractivity contribution in [1.29, 1.82) is 0 Å². The van der Waals surface area contributed by atoms with E-state index in [0.29, 0.717) is 24.5 Å². The van der Waals surface area contributed by atoms with Crippen molar-refractivity contribution in [3.63, 3.8) is 0 Å². The van der Waals surface area contributed by atoms with Crippen molar-refractivity contribution >= 4 is 5.91 Å². The topological polar surface area (TPSA) is 41.1 Å². The molecule has 1 rings (SSSR count). The molecule has 1 fully saturated rings. The van der Waals surface area contributed by atoms with Gasteiger partial charge in [0.05, 0.1) is 6.54 Å². The maximum absolute atomic E-state index is 11.7. The third-order valence-electron chi connectivity index (χ3n) is 3.77. The predicted octanol–water partition coefficient (Wildman–Crippen LogP) is 2.46. The summed E-state index contributed by atoms with van der Waals surface area (Å²) in [6, 6.07) is 0.869. The zero-order valence-electron chi connectivity index (χ0n) is 11.6. The Morgan fingerprint density at radius 2 is 1.94 bits per heavy atom. The second kappa shape index (κ2) is 7.70. The summed E-state index contributed by atoms with van der Waals surface area (Å²) in [4.78, 5) is 11.7. The summed E-state index contributed by atoms with van der Waals surface area (Å²) in [5, 5.41) is 6.41. The lowest BCUT2D eigenvalue weighted by atomic mass is 10.0. The maximum Gasteiger partial charge on any atom is 0.234 e. The van der Waals surface area contributed by atoms with E-state index in [2.05, 4.69) is 31.4 Å². The summed E-state index contributed by atoms with van der Waals surface area (Å²) in [7, 11) is 0. The maximum atomic E-state index is 11.7. The average molecular weight is 240 g/mol. The van der Waals surface area contributed by atoms with Gasteiger partial charge in [0.1, 0.15) is 0 Å². The molecular weight excluding hydrogens is 212 g/mol. The van der Waals surface area contributed by atoms with Gasteiger partial charge < -0.3 is 10.6 Å². The fourth-order valence-electron chi connectivity index (χ4n) is 2.52. The van der Waals surface area contributed by atoms with E-state index >= 15 is 0 Å². The summed E-state index contributed by atoms with van der Waals surface area (Å²) in [5.74, 6) is 0.834. The first-order valence-corrected chi connectivity index (χ1v) is 7.14. The Morgan fingerprint density at radius 1 is 1.29 bits per heavy atom. The van der Waals surface area contributed by atoms with Crippen LogP contribution in [0.15, 0.2) is 0 Å². The summed E-state index contributed by atoms with van der Waals surface area (Å²) in [5.41, 5.74) is 0. The predicted molar refractivity (Wildman–Crippen MR) is 71.9 cm³/mol. The van der Waals surface area contributed by atoms with Crippen LogP contribution in [-0.2, 0) is 4.79 Å². The highest BCUT2D eigenvalue weighted by Crippen LogP contribution is 2.17. The highest BCUT2D eigenvalue weighted by molar-refractivity contribution is 5.78. The molecule has 17 heavy (non-hydrogen) atoms. The minimum absolute atomic E-state index is 0.146. The molecule has 1 amide bonds. The van der Waals surface area contributed by atoms with Crippen molar-refractivity contribution in [1.82, 2.24) is 10.6 Å². The molecule has 0 radical (unpaired) electrons. The lowest BCUT2D eigenvalue weighted by molar-refractivity contribution is -0.121. The van der Waals surface area contributed by atoms with Crippen molar-refractivity contribution in [2.75, 3.05) is 6.54 Å². The molecule has 1 aliphatic carbocycles. The first-order chi connectivity index (χ1) is 8.11. The molecule has 2 N–H and O–H groups in total. The van der Waals surface area contributed by atoms with Crippen LogP contribution in [0.2, 0.25) is 0 Å². The van der Waals surface area contributed by atoms with Crippen LogP contribution in [0.4, 0.5) is 0 Å². The Morgan fingerprint density at radius 3 is 2.53 bits per heavy atom. The molecule has 3 nitrogen and oxygen atoms in total. The Bertz CT molecular complexity index is 224. The molecule has 1 saturated carbocycles. The SMILES string of the molecule is CCC(C)CC(C)NC(=O)CNC1CCCC1. The van der Waals surface area contributed by atoms with Gasteiger partial charge in [-0.3, -0.25) is 4.79 Å². The van der Waals surface area contributed by atoms with Gasteiger partial charge in [-0.1, -0.05) is 33.1 Å². The van der Waals surface area contributed by atoms with Crippen molar-refractivity contribution < 1.29 is 4.79 Å². The van der Waals surface area contributed by atoms with Crippen LogP contribution in [0.1, 0.15) is 59.3 Å². The molecule has 1 aliphatic rings. The van der Waals surface area contributed by atoms with Crippen molar-refractivity contribution in [3.8, 4) is 0 Å². The Balaban J connectivity index is 2.10. The van der Waals surface area contributed by atoms with Crippen LogP contribution in [-0.4, -0.2) is 24.5 Å². The summed E-state index contributed by atoms with van der Waals surface area (Å²) in [6.45, 7) is 7.01. The fourth-order valence-corrected chi connectivity index (χ4v) is 2.52. The summed E-state index contributed by atoms with van der Waals surface area (Å²) in [6.07, 6.45) is 7.34. The first-order valence-electron chi connectivity index (χ1n) is 7.14. The Kier molecular flexibility index (Phi) is 6.56. The minimum atomic E-state index is 0.146. The van der Waals surface area contributed by atoms with Crippen LogP contribution in [0, 0.1) is 5.92 Å². The highest BCUT2D eigenvalue weighted by atomic mass is 16.1. The second-order valence-corrected chi connectivity index (χ2v) is 5.58. The molecule has 100 valence electrons. The first kappa shape index (κ1) is 14.5. The molecule has 2 atom stereocenters. The van der Waals surface area contributed by atoms with E-state index in [1.165, 1.54) is 32.1 Å². The van der Waals surface area contributed by atoms with Gasteiger partial charge >= 0.3 is 0 Å². The van der Waals surface area contributed by atoms with E-state index in [0.717, 1.165) is 6.42 Å². The molecule has 0 aromatic heterocycles. The fraction of sp³-hybridized carbons (Fsp3) is 0.929. The molecule has 0 heterocycles. The smallest absolute Gasteiger partial charge is 0.234 e. The van der Waals surface area contributed by atoms with Crippen molar-refractivity contribution in [2.24, 2.45) is 5.92 Å². The van der Waals surface area contributed by atoms with Crippen LogP contribution in [0.25, 0.3) is 0 Å². The van der Waals surface area contributed by atoms with Gasteiger partial charge in [-0.25, -0.2) is 0 Å². The Labute approximate surface area is 106 Å². The molecule has 0 bridgehead atoms. The van der Waals surface area contributed by atoms with Crippen LogP contribution < -0.4 is 10.6 Å². The van der Waals surface area contributed by atoms with Gasteiger partial charge in [-0.2, -0.15) is 0 Å². The summed E-state index contributed by atoms with van der Waals surface area (Å²) < 4.78 is 0. The number of carbonyl (C=O) groups excluding carboxylic acids is 1. The third-order valence-corrected chi connectivity index (χ3v) is 3.77. The average Bonchev–Trinajstić information content (AvgIpc) is 2.78. The number of rotatable bonds is 7. The number of nitrogens with one attached hydrogen (secondary N) is 2. The van der Waals surface area contributed by atoms with E-state index in [4.69, 9.17) is 0 Å². The van der Waals surface area contributed by atoms with Crippen LogP contribution in [0.3, 0.4) is 0 Å². The molecule has 0 saturated heterocycles. The number of carbonyl (C=O) groups is 1. The van der Waals surface area contributed by atoms with E-state index in [1.54, 1.807) is 0 Å². The van der Waals surface area contributed by atoms with Crippen molar-refractivity contribution in [3.05, 3.63) is 0 Å². The molecule has 2 unspecified atom stereocenters. The van der Waals surface area contributed by atoms with Crippen molar-refractivity contribution in [2.45, 2.75) is 71.4 Å². The quantitative estimate of drug-likeness (QED) is 0.717. The molecule has 3 heteroatoms. The second-order valence-electron chi connectivity index (χ2n) is 5.58. The lowest BCUT2D eigenvalue weighted by Gasteiger charge is -2.18. The zero-order valence-corrected chi connectivity index (χ0v) is 11.6. The van der Waals surface area contributed by atoms with E-state index < -0.39 is 0 Å². The van der Waals surface area contributed by atoms with E-state index in [1.807, 2.05) is 0 Å². The normalized spacial score (nSPS) is 20.2. The molecule has 0 spiro atoms. The van der Waals surface area contributed by atoms with E-state index in [-0.39, 0.29) is 5.91 Å². The van der Waals surface area contributed by atoms with Crippen LogP contribution >= 0.6 is 0 Å². The number of hydrogen-bond acceptors (Lipinski definition) is 2. The number of amides is 1. The lowest BCUT2D eigenvalue weighted by Crippen LogP contribution is -2.42. The highest BCUT2D eigenvalue weighted by Gasteiger charge is 2.16.